The Hall–Kier alpha value is -4.91. The number of aryl methyl sites for hydroxylation is 1. The summed E-state index contributed by atoms with van der Waals surface area (Å²) in [6, 6.07) is 24.8. The van der Waals surface area contributed by atoms with Crippen molar-refractivity contribution in [2.24, 2.45) is 20.5 Å². The third-order valence-electron chi connectivity index (χ3n) is 6.32. The van der Waals surface area contributed by atoms with Crippen LogP contribution in [0.25, 0.3) is 10.8 Å². The molecular formula is C30H23N5O9S2. The second-order valence-electron chi connectivity index (χ2n) is 9.30. The molecule has 0 saturated carbocycles. The zero-order valence-corrected chi connectivity index (χ0v) is 25.2. The molecule has 5 aromatic carbocycles. The Kier molecular flexibility index (Phi) is 10.9. The third kappa shape index (κ3) is 8.02. The minimum absolute atomic E-state index is 0.0333. The van der Waals surface area contributed by atoms with Gasteiger partial charge in [0, 0.05) is 27.6 Å². The normalized spacial score (nSPS) is 11.5. The molecule has 0 aromatic heterocycles. The number of aromatic hydroxyl groups is 2. The van der Waals surface area contributed by atoms with Gasteiger partial charge in [-0.15, -0.1) is 18.9 Å². The third-order valence-corrected chi connectivity index (χ3v) is 7.53. The molecule has 5 rings (SSSR count). The molecule has 0 heterocycles. The van der Waals surface area contributed by atoms with Gasteiger partial charge in [0.05, 0.1) is 40.4 Å². The number of hydrogen-bond acceptors (Lipinski definition) is 15. The zero-order chi connectivity index (χ0) is 32.5. The molecule has 0 saturated heterocycles. The fraction of sp³-hybridized carbons (Fsp3) is 0.0333. The van der Waals surface area contributed by atoms with Crippen molar-refractivity contribution in [3.05, 3.63) is 102 Å². The maximum absolute atomic E-state index is 12.6. The van der Waals surface area contributed by atoms with E-state index in [9.17, 15) is 15.0 Å². The quantitative estimate of drug-likeness (QED) is 0.0369. The molecule has 0 aliphatic rings. The van der Waals surface area contributed by atoms with Crippen LogP contribution >= 0.6 is 24.1 Å². The molecule has 0 spiro atoms. The average molecular weight is 662 g/mol. The van der Waals surface area contributed by atoms with Gasteiger partial charge >= 0.3 is 0 Å². The number of phenolic OH excluding ortho intramolecular Hbond substituents is 2. The van der Waals surface area contributed by atoms with Crippen molar-refractivity contribution in [3.63, 3.8) is 0 Å². The molecule has 14 nitrogen and oxygen atoms in total. The highest BCUT2D eigenvalue weighted by molar-refractivity contribution is 7.94. The molecule has 0 bridgehead atoms. The van der Waals surface area contributed by atoms with Crippen LogP contribution in [0, 0.1) is 6.92 Å². The van der Waals surface area contributed by atoms with Crippen LogP contribution in [0.15, 0.2) is 121 Å². The van der Waals surface area contributed by atoms with Crippen molar-refractivity contribution < 1.29 is 44.3 Å². The molecule has 5 N–H and O–H groups in total. The van der Waals surface area contributed by atoms with E-state index in [1.54, 1.807) is 85.8 Å². The van der Waals surface area contributed by atoms with Crippen molar-refractivity contribution in [1.29, 1.82) is 0 Å². The number of nitrogens with one attached hydrogen (secondary N) is 1. The van der Waals surface area contributed by atoms with Crippen molar-refractivity contribution in [3.8, 4) is 11.5 Å². The van der Waals surface area contributed by atoms with Crippen LogP contribution < -0.4 is 5.32 Å². The number of rotatable bonds is 12. The Balaban J connectivity index is 1.39. The van der Waals surface area contributed by atoms with Gasteiger partial charge in [0.25, 0.3) is 5.91 Å². The number of nitrogens with zero attached hydrogens (tertiary/aromatic N) is 4. The van der Waals surface area contributed by atoms with E-state index in [1.807, 2.05) is 6.07 Å². The molecule has 0 aliphatic carbocycles. The molecule has 234 valence electrons. The van der Waals surface area contributed by atoms with Gasteiger partial charge in [-0.3, -0.25) is 4.79 Å². The first-order chi connectivity index (χ1) is 22.4. The van der Waals surface area contributed by atoms with Crippen molar-refractivity contribution >= 4 is 69.2 Å². The molecule has 0 radical (unpaired) electrons. The second kappa shape index (κ2) is 15.4. The monoisotopic (exact) mass is 661 g/mol. The first kappa shape index (κ1) is 32.5. The predicted octanol–water partition coefficient (Wildman–Crippen LogP) is 9.50. The maximum Gasteiger partial charge on any atom is 0.255 e. The maximum atomic E-state index is 12.6. The molecule has 0 fully saturated rings. The van der Waals surface area contributed by atoms with Crippen LogP contribution in [0.4, 0.5) is 28.4 Å². The zero-order valence-electron chi connectivity index (χ0n) is 23.6. The van der Waals surface area contributed by atoms with Gasteiger partial charge < -0.3 is 15.5 Å². The van der Waals surface area contributed by atoms with Gasteiger partial charge in [0.15, 0.2) is 5.75 Å². The van der Waals surface area contributed by atoms with Crippen LogP contribution in [-0.2, 0) is 18.7 Å². The summed E-state index contributed by atoms with van der Waals surface area (Å²) in [6.45, 7) is 1.74. The highest BCUT2D eigenvalue weighted by Crippen LogP contribution is 2.45. The average Bonchev–Trinajstić information content (AvgIpc) is 3.07. The number of carbonyl (C=O) groups excluding carboxylic acids is 1. The molecule has 0 atom stereocenters. The lowest BCUT2D eigenvalue weighted by atomic mass is 10.1. The highest BCUT2D eigenvalue weighted by atomic mass is 32.2. The van der Waals surface area contributed by atoms with Crippen LogP contribution in [0.5, 0.6) is 11.5 Å². The van der Waals surface area contributed by atoms with E-state index < -0.39 is 0 Å². The van der Waals surface area contributed by atoms with Crippen LogP contribution in [0.1, 0.15) is 15.9 Å². The number of amides is 1. The molecule has 5 aromatic rings. The van der Waals surface area contributed by atoms with E-state index in [0.29, 0.717) is 55.9 Å². The van der Waals surface area contributed by atoms with Crippen LogP contribution in [0.3, 0.4) is 0 Å². The van der Waals surface area contributed by atoms with Crippen molar-refractivity contribution in [2.75, 3.05) is 5.32 Å². The van der Waals surface area contributed by atoms with Gasteiger partial charge in [0.2, 0.25) is 0 Å². The lowest BCUT2D eigenvalue weighted by Gasteiger charge is -2.11. The largest absolute Gasteiger partial charge is 0.506 e. The lowest BCUT2D eigenvalue weighted by molar-refractivity contribution is -0.432. The van der Waals surface area contributed by atoms with Gasteiger partial charge in [-0.05, 0) is 84.6 Å². The number of carbonyl (C=O) groups is 1. The first-order valence-corrected chi connectivity index (χ1v) is 14.6. The topological polar surface area (TPSA) is 196 Å². The minimum atomic E-state index is -0.307. The van der Waals surface area contributed by atoms with E-state index in [1.165, 1.54) is 6.07 Å². The summed E-state index contributed by atoms with van der Waals surface area (Å²) in [5.74, 6) is -0.828. The number of phenols is 2. The number of hydrogen-bond donors (Lipinski definition) is 5. The Morgan fingerprint density at radius 2 is 1.48 bits per heavy atom. The summed E-state index contributed by atoms with van der Waals surface area (Å²) >= 11 is 1.37. The standard InChI is InChI=1S/C30H23N5O9S2/c1-17-13-25(26(36)16-24(17)33-32-20-7-10-22(11-8-20)45-43-41-39)34-35-28-27(46-44-42-40)15-19-14-21(9-12-23(19)29(28)37)31-30(38)18-5-3-2-4-6-18/h2-16,36-37,39-40H,1H3,(H,31,38). The first-order valence-electron chi connectivity index (χ1n) is 13.1. The predicted molar refractivity (Wildman–Crippen MR) is 169 cm³/mol. The molecule has 46 heavy (non-hydrogen) atoms. The summed E-state index contributed by atoms with van der Waals surface area (Å²) in [7, 11) is 0. The van der Waals surface area contributed by atoms with E-state index in [0.717, 1.165) is 12.0 Å². The Morgan fingerprint density at radius 3 is 2.22 bits per heavy atom. The lowest BCUT2D eigenvalue weighted by Crippen LogP contribution is -2.11. The summed E-state index contributed by atoms with van der Waals surface area (Å²) in [4.78, 5) is 13.5. The number of benzene rings is 5. The number of fused-ring (bicyclic) bond motifs is 1. The Bertz CT molecular complexity index is 1910. The van der Waals surface area contributed by atoms with E-state index in [2.05, 4.69) is 44.5 Å². The summed E-state index contributed by atoms with van der Waals surface area (Å²) < 4.78 is 8.99. The van der Waals surface area contributed by atoms with E-state index >= 15 is 0 Å². The fourth-order valence-corrected chi connectivity index (χ4v) is 4.98. The van der Waals surface area contributed by atoms with E-state index in [4.69, 9.17) is 10.5 Å². The van der Waals surface area contributed by atoms with Gasteiger partial charge in [0.1, 0.15) is 17.1 Å². The SMILES string of the molecule is Cc1cc(N=Nc2c(SOOO)cc3cc(NC(=O)c4ccccc4)ccc3c2O)c(O)cc1N=Nc1ccc(SOOO)cc1. The van der Waals surface area contributed by atoms with Crippen molar-refractivity contribution in [1.82, 2.24) is 0 Å². The fourth-order valence-electron chi connectivity index (χ4n) is 4.13. The summed E-state index contributed by atoms with van der Waals surface area (Å²) in [5.41, 5.74) is 2.52. The Morgan fingerprint density at radius 1 is 0.761 bits per heavy atom. The van der Waals surface area contributed by atoms with Crippen LogP contribution in [-0.4, -0.2) is 26.6 Å². The van der Waals surface area contributed by atoms with Gasteiger partial charge in [-0.2, -0.15) is 10.2 Å². The molecule has 0 unspecified atom stereocenters. The summed E-state index contributed by atoms with van der Waals surface area (Å²) in [6.07, 6.45) is 0. The second-order valence-corrected chi connectivity index (χ2v) is 10.8. The number of azo groups is 2. The summed E-state index contributed by atoms with van der Waals surface area (Å²) in [5, 5.41) is 66.5. The molecule has 0 aliphatic heterocycles. The number of anilines is 1. The van der Waals surface area contributed by atoms with Gasteiger partial charge in [-0.25, -0.2) is 10.5 Å². The highest BCUT2D eigenvalue weighted by Gasteiger charge is 2.17. The van der Waals surface area contributed by atoms with Crippen molar-refractivity contribution in [2.45, 2.75) is 16.7 Å². The van der Waals surface area contributed by atoms with Gasteiger partial charge in [-0.1, -0.05) is 28.3 Å². The molecule has 1 amide bonds. The molecule has 16 heteroatoms. The molecular weight excluding hydrogens is 638 g/mol. The Labute approximate surface area is 269 Å². The van der Waals surface area contributed by atoms with E-state index in [-0.39, 0.29) is 33.7 Å². The minimum Gasteiger partial charge on any atom is -0.506 e. The van der Waals surface area contributed by atoms with Crippen LogP contribution in [0.2, 0.25) is 0 Å². The smallest absolute Gasteiger partial charge is 0.255 e.